The van der Waals surface area contributed by atoms with Gasteiger partial charge in [-0.3, -0.25) is 10.1 Å². The summed E-state index contributed by atoms with van der Waals surface area (Å²) in [6.07, 6.45) is 0.0491. The lowest BCUT2D eigenvalue weighted by molar-refractivity contribution is -0.115. The molecule has 150 valence electrons. The van der Waals surface area contributed by atoms with Crippen LogP contribution in [-0.4, -0.2) is 31.3 Å². The number of nitrogens with one attached hydrogen (secondary N) is 1. The lowest BCUT2D eigenvalue weighted by Crippen LogP contribution is -2.16. The summed E-state index contributed by atoms with van der Waals surface area (Å²) in [6.45, 7) is 0. The van der Waals surface area contributed by atoms with E-state index < -0.39 is 11.9 Å². The molecule has 0 aliphatic carbocycles. The maximum atomic E-state index is 12.4. The molecule has 1 amide bonds. The Bertz CT molecular complexity index is 1030. The summed E-state index contributed by atoms with van der Waals surface area (Å²) in [5.41, 5.74) is 1.05. The number of anilines is 1. The topological polar surface area (TPSA) is 90.7 Å². The van der Waals surface area contributed by atoms with Crippen LogP contribution in [0.25, 0.3) is 11.3 Å². The number of hydrogen-bond donors (Lipinski definition) is 1. The summed E-state index contributed by atoms with van der Waals surface area (Å²) in [4.78, 5) is 24.8. The predicted octanol–water partition coefficient (Wildman–Crippen LogP) is 4.62. The number of hydrogen-bond acceptors (Lipinski definition) is 6. The van der Waals surface area contributed by atoms with E-state index in [0.717, 1.165) is 5.56 Å². The third-order valence-electron chi connectivity index (χ3n) is 4.06. The van der Waals surface area contributed by atoms with E-state index in [0.29, 0.717) is 11.3 Å². The molecule has 2 aromatic carbocycles. The molecule has 0 radical (unpaired) electrons. The molecule has 0 unspecified atom stereocenters. The normalized spacial score (nSPS) is 10.5. The fraction of sp³-hybridized carbons (Fsp3) is 0.150. The van der Waals surface area contributed by atoms with Gasteiger partial charge < -0.3 is 14.0 Å². The van der Waals surface area contributed by atoms with Crippen LogP contribution in [0.1, 0.15) is 15.9 Å². The Labute approximate surface area is 176 Å². The number of ether oxygens (including phenoxy) is 2. The fourth-order valence-electron chi connectivity index (χ4n) is 2.66. The summed E-state index contributed by atoms with van der Waals surface area (Å²) in [7, 11) is 2.76. The second-order valence-corrected chi connectivity index (χ2v) is 6.71. The summed E-state index contributed by atoms with van der Waals surface area (Å²) in [6, 6.07) is 11.9. The van der Waals surface area contributed by atoms with Crippen LogP contribution in [0.15, 0.2) is 47.0 Å². The molecule has 7 nitrogen and oxygen atoms in total. The summed E-state index contributed by atoms with van der Waals surface area (Å²) in [5, 5.41) is 6.97. The summed E-state index contributed by atoms with van der Waals surface area (Å²) < 4.78 is 15.1. The van der Waals surface area contributed by atoms with Crippen LogP contribution in [0.4, 0.5) is 5.88 Å². The molecule has 0 bridgehead atoms. The lowest BCUT2D eigenvalue weighted by Gasteiger charge is -2.07. The minimum Gasteiger partial charge on any atom is -0.497 e. The van der Waals surface area contributed by atoms with E-state index in [-0.39, 0.29) is 33.6 Å². The van der Waals surface area contributed by atoms with Gasteiger partial charge in [0, 0.05) is 5.56 Å². The Morgan fingerprint density at radius 1 is 1.07 bits per heavy atom. The first kappa shape index (κ1) is 20.7. The summed E-state index contributed by atoms with van der Waals surface area (Å²) in [5.74, 6) is -0.634. The van der Waals surface area contributed by atoms with Gasteiger partial charge in [-0.15, -0.1) is 0 Å². The molecule has 1 heterocycles. The molecular formula is C20H16Cl2N2O5. The van der Waals surface area contributed by atoms with Gasteiger partial charge in [0.2, 0.25) is 11.8 Å². The van der Waals surface area contributed by atoms with Gasteiger partial charge in [0.25, 0.3) is 0 Å². The monoisotopic (exact) mass is 434 g/mol. The molecule has 0 atom stereocenters. The molecule has 3 rings (SSSR count). The third kappa shape index (κ3) is 4.52. The standard InChI is InChI=1S/C20H16Cl2N2O5/c1-27-12-8-6-11(7-9-12)10-15(25)23-19-17(20(26)28-2)18(24-29-19)16-13(21)4-3-5-14(16)22/h3-9H,10H2,1-2H3,(H,23,25). The van der Waals surface area contributed by atoms with Crippen molar-refractivity contribution in [3.63, 3.8) is 0 Å². The fourth-order valence-corrected chi connectivity index (χ4v) is 3.24. The molecule has 0 saturated carbocycles. The maximum absolute atomic E-state index is 12.4. The number of nitrogens with zero attached hydrogens (tertiary/aromatic N) is 1. The number of esters is 1. The van der Waals surface area contributed by atoms with Gasteiger partial charge in [-0.1, -0.05) is 46.6 Å². The number of rotatable bonds is 6. The van der Waals surface area contributed by atoms with Crippen LogP contribution in [0, 0.1) is 0 Å². The Kier molecular flexibility index (Phi) is 6.41. The lowest BCUT2D eigenvalue weighted by atomic mass is 10.1. The highest BCUT2D eigenvalue weighted by molar-refractivity contribution is 6.39. The molecule has 1 N–H and O–H groups in total. The first-order chi connectivity index (χ1) is 13.9. The molecule has 9 heteroatoms. The zero-order chi connectivity index (χ0) is 21.0. The van der Waals surface area contributed by atoms with Crippen LogP contribution >= 0.6 is 23.2 Å². The van der Waals surface area contributed by atoms with Gasteiger partial charge in [-0.2, -0.15) is 0 Å². The van der Waals surface area contributed by atoms with Crippen LogP contribution in [0.2, 0.25) is 10.0 Å². The van der Waals surface area contributed by atoms with Gasteiger partial charge in [-0.05, 0) is 29.8 Å². The number of carbonyl (C=O) groups excluding carboxylic acids is 2. The van der Waals surface area contributed by atoms with E-state index in [1.54, 1.807) is 49.6 Å². The van der Waals surface area contributed by atoms with Crippen molar-refractivity contribution in [2.45, 2.75) is 6.42 Å². The van der Waals surface area contributed by atoms with E-state index in [4.69, 9.17) is 37.2 Å². The van der Waals surface area contributed by atoms with Gasteiger partial charge in [0.1, 0.15) is 11.4 Å². The van der Waals surface area contributed by atoms with Crippen LogP contribution < -0.4 is 10.1 Å². The van der Waals surface area contributed by atoms with E-state index in [2.05, 4.69) is 10.5 Å². The smallest absolute Gasteiger partial charge is 0.345 e. The first-order valence-electron chi connectivity index (χ1n) is 8.39. The Morgan fingerprint density at radius 2 is 1.72 bits per heavy atom. The molecule has 0 aliphatic rings. The van der Waals surface area contributed by atoms with E-state index in [1.165, 1.54) is 7.11 Å². The molecule has 29 heavy (non-hydrogen) atoms. The predicted molar refractivity (Wildman–Crippen MR) is 109 cm³/mol. The average Bonchev–Trinajstić information content (AvgIpc) is 3.10. The van der Waals surface area contributed by atoms with Crippen molar-refractivity contribution in [1.82, 2.24) is 5.16 Å². The highest BCUT2D eigenvalue weighted by Gasteiger charge is 2.28. The number of carbonyl (C=O) groups is 2. The molecule has 0 aliphatic heterocycles. The zero-order valence-corrected chi connectivity index (χ0v) is 17.0. The van der Waals surface area contributed by atoms with Crippen molar-refractivity contribution < 1.29 is 23.6 Å². The van der Waals surface area contributed by atoms with Crippen molar-refractivity contribution >= 4 is 41.0 Å². The third-order valence-corrected chi connectivity index (χ3v) is 4.69. The molecule has 0 fully saturated rings. The first-order valence-corrected chi connectivity index (χ1v) is 9.15. The van der Waals surface area contributed by atoms with Crippen LogP contribution in [0.5, 0.6) is 5.75 Å². The number of aromatic nitrogens is 1. The minimum atomic E-state index is -0.753. The Balaban J connectivity index is 1.90. The minimum absolute atomic E-state index is 0.0491. The maximum Gasteiger partial charge on any atom is 0.345 e. The van der Waals surface area contributed by atoms with Crippen LogP contribution in [0.3, 0.4) is 0 Å². The van der Waals surface area contributed by atoms with Gasteiger partial charge in [-0.25, -0.2) is 4.79 Å². The average molecular weight is 435 g/mol. The van der Waals surface area contributed by atoms with Crippen molar-refractivity contribution in [1.29, 1.82) is 0 Å². The molecule has 1 aromatic heterocycles. The zero-order valence-electron chi connectivity index (χ0n) is 15.5. The van der Waals surface area contributed by atoms with E-state index >= 15 is 0 Å². The largest absolute Gasteiger partial charge is 0.497 e. The van der Waals surface area contributed by atoms with E-state index in [9.17, 15) is 9.59 Å². The second kappa shape index (κ2) is 8.98. The second-order valence-electron chi connectivity index (χ2n) is 5.90. The van der Waals surface area contributed by atoms with E-state index in [1.807, 2.05) is 0 Å². The van der Waals surface area contributed by atoms with Crippen molar-refractivity contribution in [2.75, 3.05) is 19.5 Å². The quantitative estimate of drug-likeness (QED) is 0.568. The number of amides is 1. The van der Waals surface area contributed by atoms with Gasteiger partial charge >= 0.3 is 5.97 Å². The van der Waals surface area contributed by atoms with Gasteiger partial charge in [0.15, 0.2) is 5.56 Å². The van der Waals surface area contributed by atoms with Crippen molar-refractivity contribution in [3.8, 4) is 17.0 Å². The summed E-state index contributed by atoms with van der Waals surface area (Å²) >= 11 is 12.4. The molecule has 3 aromatic rings. The molecular weight excluding hydrogens is 419 g/mol. The number of benzene rings is 2. The van der Waals surface area contributed by atoms with Gasteiger partial charge in [0.05, 0.1) is 30.7 Å². The SMILES string of the molecule is COC(=O)c1c(-c2c(Cl)cccc2Cl)noc1NC(=O)Cc1ccc(OC)cc1. The number of methoxy groups -OCH3 is 2. The molecule has 0 spiro atoms. The van der Waals surface area contributed by atoms with Crippen molar-refractivity contribution in [2.24, 2.45) is 0 Å². The highest BCUT2D eigenvalue weighted by Crippen LogP contribution is 2.38. The Hall–Kier alpha value is -3.03. The van der Waals surface area contributed by atoms with Crippen molar-refractivity contribution in [3.05, 3.63) is 63.6 Å². The molecule has 0 saturated heterocycles. The highest BCUT2D eigenvalue weighted by atomic mass is 35.5. The number of halogens is 2. The Morgan fingerprint density at radius 3 is 2.31 bits per heavy atom. The van der Waals surface area contributed by atoms with Crippen LogP contribution in [-0.2, 0) is 16.0 Å².